The summed E-state index contributed by atoms with van der Waals surface area (Å²) in [5, 5.41) is 2.80. The van der Waals surface area contributed by atoms with E-state index in [1.807, 2.05) is 0 Å². The summed E-state index contributed by atoms with van der Waals surface area (Å²) in [5.74, 6) is -0.579. The van der Waals surface area contributed by atoms with Crippen LogP contribution in [0.5, 0.6) is 0 Å². The molecule has 1 aromatic heterocycles. The lowest BCUT2D eigenvalue weighted by Gasteiger charge is -2.22. The van der Waals surface area contributed by atoms with Gasteiger partial charge in [0.15, 0.2) is 0 Å². The number of benzene rings is 1. The molecule has 3 rings (SSSR count). The summed E-state index contributed by atoms with van der Waals surface area (Å²) in [4.78, 5) is 12.6. The number of fused-ring (bicyclic) bond motifs is 1. The first-order valence-electron chi connectivity index (χ1n) is 8.51. The molecule has 0 radical (unpaired) electrons. The van der Waals surface area contributed by atoms with Gasteiger partial charge >= 0.3 is 0 Å². The van der Waals surface area contributed by atoms with E-state index in [9.17, 15) is 13.2 Å². The van der Waals surface area contributed by atoms with Crippen LogP contribution in [0.1, 0.15) is 26.7 Å². The number of aromatic nitrogens is 2. The van der Waals surface area contributed by atoms with Gasteiger partial charge in [-0.25, -0.2) is 8.42 Å². The molecule has 1 aliphatic heterocycles. The van der Waals surface area contributed by atoms with Crippen molar-refractivity contribution >= 4 is 38.7 Å². The topological polar surface area (TPSA) is 110 Å². The molecule has 8 nitrogen and oxygen atoms in total. The molecule has 0 spiro atoms. The first-order valence-corrected chi connectivity index (χ1v) is 10.7. The van der Waals surface area contributed by atoms with Crippen molar-refractivity contribution in [3.8, 4) is 0 Å². The average Bonchev–Trinajstić information content (AvgIpc) is 3.28. The lowest BCUT2D eigenvalue weighted by molar-refractivity contribution is -0.124. The highest BCUT2D eigenvalue weighted by molar-refractivity contribution is 7.89. The van der Waals surface area contributed by atoms with Crippen LogP contribution in [-0.2, 0) is 19.6 Å². The largest absolute Gasteiger partial charge is 0.376 e. The van der Waals surface area contributed by atoms with Crippen molar-refractivity contribution in [2.24, 2.45) is 5.92 Å². The number of amides is 1. The monoisotopic (exact) mass is 398 g/mol. The Kier molecular flexibility index (Phi) is 5.86. The van der Waals surface area contributed by atoms with Gasteiger partial charge < -0.3 is 10.1 Å². The molecule has 142 valence electrons. The summed E-state index contributed by atoms with van der Waals surface area (Å²) >= 11 is 0.951. The molecule has 1 amide bonds. The van der Waals surface area contributed by atoms with Crippen LogP contribution >= 0.6 is 11.7 Å². The van der Waals surface area contributed by atoms with Gasteiger partial charge in [-0.15, -0.1) is 0 Å². The van der Waals surface area contributed by atoms with Crippen LogP contribution in [0.3, 0.4) is 0 Å². The smallest absolute Gasteiger partial charge is 0.243 e. The zero-order valence-corrected chi connectivity index (χ0v) is 16.3. The molecule has 10 heteroatoms. The van der Waals surface area contributed by atoms with Crippen molar-refractivity contribution in [1.29, 1.82) is 0 Å². The Balaban J connectivity index is 1.76. The number of ether oxygens (including phenoxy) is 1. The predicted molar refractivity (Wildman–Crippen MR) is 98.3 cm³/mol. The quantitative estimate of drug-likeness (QED) is 0.727. The molecule has 0 unspecified atom stereocenters. The third-order valence-electron chi connectivity index (χ3n) is 4.30. The Morgan fingerprint density at radius 3 is 2.88 bits per heavy atom. The maximum Gasteiger partial charge on any atom is 0.243 e. The van der Waals surface area contributed by atoms with E-state index < -0.39 is 16.1 Å². The van der Waals surface area contributed by atoms with E-state index in [0.717, 1.165) is 24.6 Å². The van der Waals surface area contributed by atoms with Crippen molar-refractivity contribution in [2.45, 2.75) is 43.7 Å². The Hall–Kier alpha value is -1.62. The van der Waals surface area contributed by atoms with Gasteiger partial charge in [0.2, 0.25) is 15.9 Å². The number of sulfonamides is 1. The number of hydrogen-bond acceptors (Lipinski definition) is 7. The number of nitrogens with zero attached hydrogens (tertiary/aromatic N) is 2. The van der Waals surface area contributed by atoms with Gasteiger partial charge in [-0.05, 0) is 30.9 Å². The first kappa shape index (κ1) is 19.2. The predicted octanol–water partition coefficient (Wildman–Crippen LogP) is 1.29. The third kappa shape index (κ3) is 4.20. The number of rotatable bonds is 7. The molecular formula is C16H22N4O4S2. The molecule has 0 saturated carbocycles. The normalized spacial score (nSPS) is 19.1. The van der Waals surface area contributed by atoms with Crippen LogP contribution in [0.15, 0.2) is 23.1 Å². The molecule has 1 aliphatic rings. The molecule has 0 aliphatic carbocycles. The maximum atomic E-state index is 12.8. The molecule has 2 atom stereocenters. The number of carbonyl (C=O) groups excluding carboxylic acids is 1. The van der Waals surface area contributed by atoms with Gasteiger partial charge in [0.05, 0.1) is 17.8 Å². The van der Waals surface area contributed by atoms with E-state index in [-0.39, 0.29) is 22.8 Å². The first-order chi connectivity index (χ1) is 12.4. The van der Waals surface area contributed by atoms with E-state index in [4.69, 9.17) is 4.74 Å². The Morgan fingerprint density at radius 1 is 1.38 bits per heavy atom. The van der Waals surface area contributed by atoms with Gasteiger partial charge in [-0.1, -0.05) is 19.9 Å². The Labute approximate surface area is 156 Å². The van der Waals surface area contributed by atoms with Gasteiger partial charge in [0.1, 0.15) is 22.0 Å². The van der Waals surface area contributed by atoms with Crippen molar-refractivity contribution < 1.29 is 17.9 Å². The summed E-state index contributed by atoms with van der Waals surface area (Å²) in [6.45, 7) is 4.68. The van der Waals surface area contributed by atoms with Crippen LogP contribution in [-0.4, -0.2) is 48.4 Å². The Morgan fingerprint density at radius 2 is 2.19 bits per heavy atom. The van der Waals surface area contributed by atoms with Gasteiger partial charge in [0, 0.05) is 13.2 Å². The van der Waals surface area contributed by atoms with Gasteiger partial charge in [0.25, 0.3) is 0 Å². The number of hydrogen-bond donors (Lipinski definition) is 2. The zero-order valence-electron chi connectivity index (χ0n) is 14.6. The SMILES string of the molecule is CC(C)[C@@H](NS(=O)(=O)c1cccc2nsnc12)C(=O)NC[C@@H]1CCCO1. The molecule has 0 bridgehead atoms. The van der Waals surface area contributed by atoms with E-state index in [2.05, 4.69) is 18.8 Å². The standard InChI is InChI=1S/C16H22N4O4S2/c1-10(2)14(16(21)17-9-11-5-4-8-24-11)20-26(22,23)13-7-3-6-12-15(13)19-25-18-12/h3,6-7,10-11,14,20H,4-5,8-9H2,1-2H3,(H,17,21)/t11-,14+/m0/s1. The summed E-state index contributed by atoms with van der Waals surface area (Å²) in [7, 11) is -3.92. The van der Waals surface area contributed by atoms with E-state index in [1.165, 1.54) is 6.07 Å². The molecule has 2 N–H and O–H groups in total. The second-order valence-electron chi connectivity index (χ2n) is 6.61. The van der Waals surface area contributed by atoms with Crippen molar-refractivity contribution in [1.82, 2.24) is 18.8 Å². The summed E-state index contributed by atoms with van der Waals surface area (Å²) in [6.07, 6.45) is 1.88. The average molecular weight is 399 g/mol. The second kappa shape index (κ2) is 7.95. The van der Waals surface area contributed by atoms with Crippen molar-refractivity contribution in [2.75, 3.05) is 13.2 Å². The van der Waals surface area contributed by atoms with Crippen LogP contribution < -0.4 is 10.0 Å². The number of carbonyl (C=O) groups is 1. The fraction of sp³-hybridized carbons (Fsp3) is 0.562. The van der Waals surface area contributed by atoms with Crippen molar-refractivity contribution in [3.05, 3.63) is 18.2 Å². The molecule has 26 heavy (non-hydrogen) atoms. The van der Waals surface area contributed by atoms with Crippen molar-refractivity contribution in [3.63, 3.8) is 0 Å². The lowest BCUT2D eigenvalue weighted by atomic mass is 10.0. The van der Waals surface area contributed by atoms with E-state index in [0.29, 0.717) is 24.2 Å². The summed E-state index contributed by atoms with van der Waals surface area (Å²) in [5.41, 5.74) is 0.828. The molecule has 1 aromatic carbocycles. The van der Waals surface area contributed by atoms with Gasteiger partial charge in [-0.2, -0.15) is 13.5 Å². The van der Waals surface area contributed by atoms with E-state index >= 15 is 0 Å². The molecule has 2 heterocycles. The molecule has 2 aromatic rings. The minimum atomic E-state index is -3.92. The minimum absolute atomic E-state index is 0.00167. The second-order valence-corrected chi connectivity index (χ2v) is 8.82. The molecule has 1 fully saturated rings. The highest BCUT2D eigenvalue weighted by Crippen LogP contribution is 2.22. The van der Waals surface area contributed by atoms with Crippen LogP contribution in [0, 0.1) is 5.92 Å². The highest BCUT2D eigenvalue weighted by atomic mass is 32.2. The van der Waals surface area contributed by atoms with E-state index in [1.54, 1.807) is 26.0 Å². The fourth-order valence-electron chi connectivity index (χ4n) is 2.85. The summed E-state index contributed by atoms with van der Waals surface area (Å²) < 4.78 is 41.8. The minimum Gasteiger partial charge on any atom is -0.376 e. The molecular weight excluding hydrogens is 376 g/mol. The van der Waals surface area contributed by atoms with Gasteiger partial charge in [-0.3, -0.25) is 4.79 Å². The number of nitrogens with one attached hydrogen (secondary N) is 2. The molecule has 1 saturated heterocycles. The fourth-order valence-corrected chi connectivity index (χ4v) is 4.96. The van der Waals surface area contributed by atoms with Crippen LogP contribution in [0.4, 0.5) is 0 Å². The Bertz CT molecular complexity index is 875. The van der Waals surface area contributed by atoms with Crippen LogP contribution in [0.2, 0.25) is 0 Å². The highest BCUT2D eigenvalue weighted by Gasteiger charge is 2.30. The van der Waals surface area contributed by atoms with Crippen LogP contribution in [0.25, 0.3) is 11.0 Å². The lowest BCUT2D eigenvalue weighted by Crippen LogP contribution is -2.50. The zero-order chi connectivity index (χ0) is 18.7. The third-order valence-corrected chi connectivity index (χ3v) is 6.31. The maximum absolute atomic E-state index is 12.8. The summed E-state index contributed by atoms with van der Waals surface area (Å²) in [6, 6.07) is 3.89.